The number of hydrogen-bond acceptors (Lipinski definition) is 4. The van der Waals surface area contributed by atoms with E-state index in [0.717, 1.165) is 0 Å². The maximum atomic E-state index is 11.8. The molecule has 1 aliphatic heterocycles. The largest absolute Gasteiger partial charge is 0.310 e. The van der Waals surface area contributed by atoms with E-state index in [1.165, 1.54) is 12.1 Å². The number of anilines is 1. The lowest BCUT2D eigenvalue weighted by molar-refractivity contribution is -0.384. The average Bonchev–Trinajstić information content (AvgIpc) is 2.59. The summed E-state index contributed by atoms with van der Waals surface area (Å²) in [5.41, 5.74) is 1.31. The van der Waals surface area contributed by atoms with Gasteiger partial charge in [0.2, 0.25) is 5.91 Å². The fourth-order valence-electron chi connectivity index (χ4n) is 1.90. The van der Waals surface area contributed by atoms with Crippen molar-refractivity contribution in [3.05, 3.63) is 33.9 Å². The molecule has 1 aromatic rings. The van der Waals surface area contributed by atoms with Crippen molar-refractivity contribution in [3.63, 3.8) is 0 Å². The number of benzodiazepines with no additional fused rings is 1. The molecule has 0 aliphatic carbocycles. The molecule has 0 radical (unpaired) electrons. The minimum atomic E-state index is -0.453. The zero-order chi connectivity index (χ0) is 13.1. The Balaban J connectivity index is 2.47. The summed E-state index contributed by atoms with van der Waals surface area (Å²) in [5, 5.41) is 10.7. The summed E-state index contributed by atoms with van der Waals surface area (Å²) in [6.45, 7) is 2.81. The Morgan fingerprint density at radius 1 is 1.56 bits per heavy atom. The lowest BCUT2D eigenvalue weighted by Crippen LogP contribution is -2.32. The van der Waals surface area contributed by atoms with Gasteiger partial charge in [-0.15, -0.1) is 0 Å². The normalized spacial score (nSPS) is 13.9. The Morgan fingerprint density at radius 3 is 3.00 bits per heavy atom. The van der Waals surface area contributed by atoms with Crippen molar-refractivity contribution in [1.82, 2.24) is 0 Å². The fourth-order valence-corrected chi connectivity index (χ4v) is 1.90. The maximum absolute atomic E-state index is 11.8. The van der Waals surface area contributed by atoms with Gasteiger partial charge in [0.1, 0.15) is 0 Å². The fraction of sp³-hybridized carbons (Fsp3) is 0.333. The Kier molecular flexibility index (Phi) is 3.36. The van der Waals surface area contributed by atoms with E-state index >= 15 is 0 Å². The van der Waals surface area contributed by atoms with Crippen LogP contribution in [0.5, 0.6) is 0 Å². The zero-order valence-corrected chi connectivity index (χ0v) is 10.00. The molecule has 0 fully saturated rings. The van der Waals surface area contributed by atoms with Gasteiger partial charge in [0.25, 0.3) is 5.69 Å². The molecule has 6 heteroatoms. The lowest BCUT2D eigenvalue weighted by atomic mass is 10.1. The molecule has 18 heavy (non-hydrogen) atoms. The van der Waals surface area contributed by atoms with Gasteiger partial charge in [-0.2, -0.15) is 0 Å². The molecule has 0 saturated carbocycles. The van der Waals surface area contributed by atoms with Crippen molar-refractivity contribution < 1.29 is 9.72 Å². The second kappa shape index (κ2) is 4.95. The van der Waals surface area contributed by atoms with E-state index in [1.54, 1.807) is 24.1 Å². The number of carbonyl (C=O) groups is 1. The topological polar surface area (TPSA) is 75.8 Å². The van der Waals surface area contributed by atoms with E-state index < -0.39 is 4.92 Å². The summed E-state index contributed by atoms with van der Waals surface area (Å²) in [6, 6.07) is 4.46. The van der Waals surface area contributed by atoms with Crippen molar-refractivity contribution in [3.8, 4) is 0 Å². The van der Waals surface area contributed by atoms with E-state index in [1.807, 2.05) is 0 Å². The highest BCUT2D eigenvalue weighted by Gasteiger charge is 2.20. The monoisotopic (exact) mass is 247 g/mol. The smallest absolute Gasteiger partial charge is 0.270 e. The van der Waals surface area contributed by atoms with Crippen LogP contribution in [0.4, 0.5) is 11.4 Å². The lowest BCUT2D eigenvalue weighted by Gasteiger charge is -2.21. The van der Waals surface area contributed by atoms with Crippen LogP contribution in [0.2, 0.25) is 0 Å². The Labute approximate surface area is 104 Å². The van der Waals surface area contributed by atoms with Crippen LogP contribution < -0.4 is 4.90 Å². The first-order valence-corrected chi connectivity index (χ1v) is 5.72. The van der Waals surface area contributed by atoms with Crippen LogP contribution in [0.15, 0.2) is 23.2 Å². The summed E-state index contributed by atoms with van der Waals surface area (Å²) in [4.78, 5) is 27.9. The first-order chi connectivity index (χ1) is 8.63. The summed E-state index contributed by atoms with van der Waals surface area (Å²) >= 11 is 0. The molecule has 0 aromatic heterocycles. The molecule has 1 aliphatic rings. The molecule has 0 bridgehead atoms. The van der Waals surface area contributed by atoms with Gasteiger partial charge in [0, 0.05) is 36.9 Å². The molecular formula is C12H13N3O3. The van der Waals surface area contributed by atoms with Crippen LogP contribution in [0.3, 0.4) is 0 Å². The molecule has 94 valence electrons. The predicted octanol–water partition coefficient (Wildman–Crippen LogP) is 1.77. The minimum Gasteiger partial charge on any atom is -0.310 e. The summed E-state index contributed by atoms with van der Waals surface area (Å²) < 4.78 is 0. The number of carbonyl (C=O) groups excluding carboxylic acids is 1. The second-order valence-corrected chi connectivity index (χ2v) is 3.93. The quantitative estimate of drug-likeness (QED) is 0.590. The van der Waals surface area contributed by atoms with Crippen LogP contribution in [-0.4, -0.2) is 30.1 Å². The summed E-state index contributed by atoms with van der Waals surface area (Å²) in [5.74, 6) is -0.00407. The second-order valence-electron chi connectivity index (χ2n) is 3.93. The molecule has 1 heterocycles. The van der Waals surface area contributed by atoms with Gasteiger partial charge < -0.3 is 4.90 Å². The molecule has 2 rings (SSSR count). The van der Waals surface area contributed by atoms with Crippen LogP contribution in [0, 0.1) is 10.1 Å². The zero-order valence-electron chi connectivity index (χ0n) is 10.00. The number of amides is 1. The van der Waals surface area contributed by atoms with Gasteiger partial charge in [-0.05, 0) is 6.07 Å². The van der Waals surface area contributed by atoms with Crippen molar-refractivity contribution in [2.45, 2.75) is 13.3 Å². The van der Waals surface area contributed by atoms with Crippen LogP contribution in [-0.2, 0) is 4.79 Å². The maximum Gasteiger partial charge on any atom is 0.270 e. The molecule has 1 aromatic carbocycles. The van der Waals surface area contributed by atoms with Crippen molar-refractivity contribution in [2.24, 2.45) is 4.99 Å². The third-order valence-corrected chi connectivity index (χ3v) is 2.80. The third kappa shape index (κ3) is 2.22. The van der Waals surface area contributed by atoms with Crippen LogP contribution in [0.1, 0.15) is 18.9 Å². The van der Waals surface area contributed by atoms with E-state index in [2.05, 4.69) is 4.99 Å². The number of rotatable bonds is 2. The highest BCUT2D eigenvalue weighted by atomic mass is 16.6. The Morgan fingerprint density at radius 2 is 2.33 bits per heavy atom. The Hall–Kier alpha value is -2.24. The number of fused-ring (bicyclic) bond motifs is 1. The number of benzene rings is 1. The minimum absolute atomic E-state index is 0.00407. The van der Waals surface area contributed by atoms with E-state index in [-0.39, 0.29) is 11.6 Å². The highest BCUT2D eigenvalue weighted by molar-refractivity contribution is 6.00. The number of nitro groups is 1. The van der Waals surface area contributed by atoms with Crippen molar-refractivity contribution in [2.75, 3.05) is 18.0 Å². The number of nitro benzene ring substituents is 1. The van der Waals surface area contributed by atoms with E-state index in [9.17, 15) is 14.9 Å². The molecule has 0 N–H and O–H groups in total. The van der Waals surface area contributed by atoms with Crippen molar-refractivity contribution in [1.29, 1.82) is 0 Å². The first-order valence-electron chi connectivity index (χ1n) is 5.72. The first kappa shape index (κ1) is 12.2. The van der Waals surface area contributed by atoms with Gasteiger partial charge in [-0.1, -0.05) is 6.92 Å². The van der Waals surface area contributed by atoms with Gasteiger partial charge in [-0.3, -0.25) is 19.9 Å². The molecule has 0 spiro atoms. The molecule has 0 saturated heterocycles. The van der Waals surface area contributed by atoms with E-state index in [0.29, 0.717) is 30.8 Å². The molecule has 0 unspecified atom stereocenters. The van der Waals surface area contributed by atoms with Gasteiger partial charge >= 0.3 is 0 Å². The van der Waals surface area contributed by atoms with Crippen LogP contribution >= 0.6 is 0 Å². The molecule has 6 nitrogen and oxygen atoms in total. The summed E-state index contributed by atoms with van der Waals surface area (Å²) in [6.07, 6.45) is 1.99. The number of nitrogens with zero attached hydrogens (tertiary/aromatic N) is 3. The molecular weight excluding hydrogens is 234 g/mol. The Bertz CT molecular complexity index is 525. The number of hydrogen-bond donors (Lipinski definition) is 0. The predicted molar refractivity (Wildman–Crippen MR) is 68.2 cm³/mol. The molecule has 0 atom stereocenters. The third-order valence-electron chi connectivity index (χ3n) is 2.80. The average molecular weight is 247 g/mol. The van der Waals surface area contributed by atoms with Crippen LogP contribution in [0.25, 0.3) is 0 Å². The SMILES string of the molecule is CCC(=O)N1CCN=Cc2cc([N+](=O)[O-])ccc21. The highest BCUT2D eigenvalue weighted by Crippen LogP contribution is 2.26. The van der Waals surface area contributed by atoms with Crippen molar-refractivity contribution >= 4 is 23.5 Å². The van der Waals surface area contributed by atoms with Gasteiger partial charge in [0.05, 0.1) is 17.2 Å². The molecule has 1 amide bonds. The van der Waals surface area contributed by atoms with Gasteiger partial charge in [-0.25, -0.2) is 0 Å². The number of aliphatic imine (C=N–C) groups is 1. The van der Waals surface area contributed by atoms with Gasteiger partial charge in [0.15, 0.2) is 0 Å². The van der Waals surface area contributed by atoms with E-state index in [4.69, 9.17) is 0 Å². The standard InChI is InChI=1S/C12H13N3O3/c1-2-12(16)14-6-5-13-8-9-7-10(15(17)18)3-4-11(9)14/h3-4,7-8H,2,5-6H2,1H3. The number of non-ortho nitro benzene ring substituents is 1. The summed E-state index contributed by atoms with van der Waals surface area (Å²) in [7, 11) is 0.